The molecule has 3 aromatic rings. The molecule has 5 nitrogen and oxygen atoms in total. The topological polar surface area (TPSA) is 68.1 Å². The van der Waals surface area contributed by atoms with Crippen LogP contribution in [0.4, 0.5) is 17.6 Å². The molecule has 0 amide bonds. The molecular formula is C18H13F4N3O2. The number of nitrogens with zero attached hydrogens (tertiary/aromatic N) is 3. The van der Waals surface area contributed by atoms with E-state index in [-0.39, 0.29) is 11.3 Å². The summed E-state index contributed by atoms with van der Waals surface area (Å²) in [6, 6.07) is 7.89. The van der Waals surface area contributed by atoms with Gasteiger partial charge in [-0.05, 0) is 23.8 Å². The van der Waals surface area contributed by atoms with Gasteiger partial charge < -0.3 is 9.84 Å². The van der Waals surface area contributed by atoms with Crippen molar-refractivity contribution in [2.45, 2.75) is 18.1 Å². The highest BCUT2D eigenvalue weighted by Gasteiger charge is 2.44. The minimum absolute atomic E-state index is 0.171. The van der Waals surface area contributed by atoms with Crippen LogP contribution in [-0.4, -0.2) is 32.6 Å². The van der Waals surface area contributed by atoms with Gasteiger partial charge in [0.2, 0.25) is 0 Å². The lowest BCUT2D eigenvalue weighted by Gasteiger charge is -2.28. The molecule has 1 N–H and O–H groups in total. The zero-order valence-electron chi connectivity index (χ0n) is 13.6. The van der Waals surface area contributed by atoms with Crippen molar-refractivity contribution in [2.75, 3.05) is 0 Å². The normalized spacial score (nSPS) is 14.0. The highest BCUT2D eigenvalue weighted by molar-refractivity contribution is 5.44. The molecule has 0 aliphatic rings. The molecule has 0 spiro atoms. The molecular weight excluding hydrogens is 366 g/mol. The van der Waals surface area contributed by atoms with E-state index >= 15 is 0 Å². The summed E-state index contributed by atoms with van der Waals surface area (Å²) in [7, 11) is 0. The minimum atomic E-state index is -4.62. The summed E-state index contributed by atoms with van der Waals surface area (Å²) in [5, 5.41) is 11.4. The molecule has 0 aliphatic heterocycles. The van der Waals surface area contributed by atoms with E-state index in [0.717, 1.165) is 12.1 Å². The second kappa shape index (κ2) is 7.28. The van der Waals surface area contributed by atoms with Crippen molar-refractivity contribution in [3.8, 4) is 5.75 Å². The SMILES string of the molecule is OC(c1ccc(OC(F)(F)C(F)F)cc1)(c1cccnc1)c1cnccn1. The summed E-state index contributed by atoms with van der Waals surface area (Å²) in [5.41, 5.74) is -1.02. The Balaban J connectivity index is 2.02. The third kappa shape index (κ3) is 3.72. The number of benzene rings is 1. The van der Waals surface area contributed by atoms with Crippen LogP contribution >= 0.6 is 0 Å². The summed E-state index contributed by atoms with van der Waals surface area (Å²) in [6.07, 6.45) is -1.49. The fourth-order valence-corrected chi connectivity index (χ4v) is 2.49. The molecule has 0 aliphatic carbocycles. The summed E-state index contributed by atoms with van der Waals surface area (Å²) in [4.78, 5) is 12.0. The van der Waals surface area contributed by atoms with Crippen LogP contribution in [0.15, 0.2) is 67.4 Å². The first-order valence-electron chi connectivity index (χ1n) is 7.69. The molecule has 0 fully saturated rings. The van der Waals surface area contributed by atoms with Gasteiger partial charge in [-0.25, -0.2) is 0 Å². The Kier molecular flexibility index (Phi) is 5.04. The zero-order chi connectivity index (χ0) is 19.5. The Labute approximate surface area is 151 Å². The van der Waals surface area contributed by atoms with E-state index in [1.165, 1.54) is 43.1 Å². The van der Waals surface area contributed by atoms with Gasteiger partial charge >= 0.3 is 12.5 Å². The van der Waals surface area contributed by atoms with Crippen LogP contribution in [0.5, 0.6) is 5.75 Å². The third-order valence-corrected chi connectivity index (χ3v) is 3.79. The zero-order valence-corrected chi connectivity index (χ0v) is 13.6. The maximum absolute atomic E-state index is 13.0. The maximum Gasteiger partial charge on any atom is 0.461 e. The van der Waals surface area contributed by atoms with E-state index in [1.807, 2.05) is 0 Å². The first kappa shape index (κ1) is 18.7. The van der Waals surface area contributed by atoms with E-state index in [1.54, 1.807) is 12.1 Å². The number of rotatable bonds is 6. The second-order valence-electron chi connectivity index (χ2n) is 5.53. The van der Waals surface area contributed by atoms with E-state index in [0.29, 0.717) is 5.56 Å². The average molecular weight is 379 g/mol. The van der Waals surface area contributed by atoms with Crippen molar-refractivity contribution < 1.29 is 27.4 Å². The summed E-state index contributed by atoms with van der Waals surface area (Å²) in [6.45, 7) is 0. The quantitative estimate of drug-likeness (QED) is 0.665. The predicted molar refractivity (Wildman–Crippen MR) is 86.4 cm³/mol. The largest absolute Gasteiger partial charge is 0.461 e. The van der Waals surface area contributed by atoms with E-state index in [9.17, 15) is 22.7 Å². The molecule has 27 heavy (non-hydrogen) atoms. The lowest BCUT2D eigenvalue weighted by Crippen LogP contribution is -2.33. The molecule has 1 aromatic carbocycles. The predicted octanol–water partition coefficient (Wildman–Crippen LogP) is 3.39. The fourth-order valence-electron chi connectivity index (χ4n) is 2.49. The molecule has 0 saturated carbocycles. The van der Waals surface area contributed by atoms with Crippen LogP contribution in [0.3, 0.4) is 0 Å². The summed E-state index contributed by atoms with van der Waals surface area (Å²) in [5.74, 6) is -0.475. The fraction of sp³-hybridized carbons (Fsp3) is 0.167. The molecule has 1 atom stereocenters. The molecule has 2 heterocycles. The highest BCUT2D eigenvalue weighted by Crippen LogP contribution is 2.36. The van der Waals surface area contributed by atoms with E-state index < -0.39 is 23.9 Å². The van der Waals surface area contributed by atoms with Crippen molar-refractivity contribution in [3.05, 3.63) is 84.2 Å². The number of hydrogen-bond donors (Lipinski definition) is 1. The van der Waals surface area contributed by atoms with Crippen LogP contribution in [0, 0.1) is 0 Å². The molecule has 0 radical (unpaired) electrons. The van der Waals surface area contributed by atoms with Crippen molar-refractivity contribution in [1.82, 2.24) is 15.0 Å². The van der Waals surface area contributed by atoms with Gasteiger partial charge in [0.25, 0.3) is 0 Å². The third-order valence-electron chi connectivity index (χ3n) is 3.79. The number of halogens is 4. The van der Waals surface area contributed by atoms with Crippen molar-refractivity contribution >= 4 is 0 Å². The lowest BCUT2D eigenvalue weighted by molar-refractivity contribution is -0.253. The first-order chi connectivity index (χ1) is 12.8. The Morgan fingerprint density at radius 2 is 1.59 bits per heavy atom. The molecule has 140 valence electrons. The number of ether oxygens (including phenoxy) is 1. The number of aromatic nitrogens is 3. The molecule has 0 bridgehead atoms. The highest BCUT2D eigenvalue weighted by atomic mass is 19.3. The van der Waals surface area contributed by atoms with Crippen LogP contribution in [0.25, 0.3) is 0 Å². The van der Waals surface area contributed by atoms with Gasteiger partial charge in [0.1, 0.15) is 5.75 Å². The van der Waals surface area contributed by atoms with Crippen LogP contribution in [0.1, 0.15) is 16.8 Å². The Morgan fingerprint density at radius 1 is 0.889 bits per heavy atom. The van der Waals surface area contributed by atoms with Gasteiger partial charge in [0.15, 0.2) is 5.60 Å². The minimum Gasteiger partial charge on any atom is -0.428 e. The van der Waals surface area contributed by atoms with Gasteiger partial charge in [-0.2, -0.15) is 17.6 Å². The maximum atomic E-state index is 13.0. The smallest absolute Gasteiger partial charge is 0.428 e. The van der Waals surface area contributed by atoms with Crippen LogP contribution < -0.4 is 4.74 Å². The van der Waals surface area contributed by atoms with Crippen LogP contribution in [-0.2, 0) is 5.60 Å². The van der Waals surface area contributed by atoms with Gasteiger partial charge in [0.05, 0.1) is 11.9 Å². The average Bonchev–Trinajstić information content (AvgIpc) is 2.69. The van der Waals surface area contributed by atoms with E-state index in [4.69, 9.17) is 0 Å². The van der Waals surface area contributed by atoms with Crippen molar-refractivity contribution in [1.29, 1.82) is 0 Å². The standard InChI is InChI=1S/C18H13F4N3O2/c19-16(20)18(21,22)27-14-5-3-12(4-6-14)17(26,13-2-1-7-23-10-13)15-11-24-8-9-25-15/h1-11,16,26H. The monoisotopic (exact) mass is 379 g/mol. The number of aliphatic hydroxyl groups is 1. The lowest BCUT2D eigenvalue weighted by atomic mass is 9.84. The van der Waals surface area contributed by atoms with Crippen LogP contribution in [0.2, 0.25) is 0 Å². The second-order valence-corrected chi connectivity index (χ2v) is 5.53. The summed E-state index contributed by atoms with van der Waals surface area (Å²) >= 11 is 0. The van der Waals surface area contributed by atoms with Crippen molar-refractivity contribution in [2.24, 2.45) is 0 Å². The first-order valence-corrected chi connectivity index (χ1v) is 7.69. The molecule has 9 heteroatoms. The van der Waals surface area contributed by atoms with Gasteiger partial charge in [0, 0.05) is 30.4 Å². The number of alkyl halides is 4. The van der Waals surface area contributed by atoms with E-state index in [2.05, 4.69) is 19.7 Å². The molecule has 0 saturated heterocycles. The van der Waals surface area contributed by atoms with Gasteiger partial charge in [-0.15, -0.1) is 0 Å². The molecule has 1 unspecified atom stereocenters. The molecule has 2 aromatic heterocycles. The summed E-state index contributed by atoms with van der Waals surface area (Å²) < 4.78 is 54.7. The Hall–Kier alpha value is -3.07. The number of hydrogen-bond acceptors (Lipinski definition) is 5. The Morgan fingerprint density at radius 3 is 2.15 bits per heavy atom. The number of pyridine rings is 1. The van der Waals surface area contributed by atoms with Gasteiger partial charge in [-0.1, -0.05) is 18.2 Å². The molecule has 3 rings (SSSR count). The van der Waals surface area contributed by atoms with Gasteiger partial charge in [-0.3, -0.25) is 15.0 Å². The van der Waals surface area contributed by atoms with Crippen molar-refractivity contribution in [3.63, 3.8) is 0 Å². The Bertz CT molecular complexity index is 839.